The molecule has 0 amide bonds. The van der Waals surface area contributed by atoms with Crippen molar-refractivity contribution in [1.29, 1.82) is 0 Å². The van der Waals surface area contributed by atoms with Crippen LogP contribution < -0.4 is 4.74 Å². The second kappa shape index (κ2) is 4.62. The Bertz CT molecular complexity index is 433. The lowest BCUT2D eigenvalue weighted by Crippen LogP contribution is -2.07. The monoisotopic (exact) mass is 232 g/mol. The maximum atomic E-state index is 11.5. The Hall–Kier alpha value is -1.77. The number of hydrogen-bond acceptors (Lipinski definition) is 3. The van der Waals surface area contributed by atoms with Gasteiger partial charge >= 0.3 is 5.97 Å². The van der Waals surface area contributed by atoms with Gasteiger partial charge in [0, 0.05) is 11.5 Å². The second-order valence-electron chi connectivity index (χ2n) is 4.14. The van der Waals surface area contributed by atoms with Crippen molar-refractivity contribution in [3.05, 3.63) is 42.0 Å². The highest BCUT2D eigenvalue weighted by molar-refractivity contribution is 5.90. The molecule has 0 radical (unpaired) electrons. The van der Waals surface area contributed by atoms with Crippen LogP contribution in [0, 0.1) is 5.92 Å². The molecular formula is C14H16O3. The largest absolute Gasteiger partial charge is 0.497 e. The fourth-order valence-electron chi connectivity index (χ4n) is 2.16. The van der Waals surface area contributed by atoms with Crippen LogP contribution in [0.25, 0.3) is 0 Å². The van der Waals surface area contributed by atoms with E-state index in [0.717, 1.165) is 17.7 Å². The molecule has 1 saturated heterocycles. The molecule has 3 heteroatoms. The predicted octanol–water partition coefficient (Wildman–Crippen LogP) is 2.88. The minimum atomic E-state index is -0.280. The molecule has 1 aromatic rings. The van der Waals surface area contributed by atoms with E-state index in [1.54, 1.807) is 7.11 Å². The molecule has 2 rings (SSSR count). The van der Waals surface area contributed by atoms with Gasteiger partial charge in [-0.05, 0) is 24.1 Å². The van der Waals surface area contributed by atoms with Crippen LogP contribution in [0.5, 0.6) is 5.75 Å². The number of ether oxygens (including phenoxy) is 2. The van der Waals surface area contributed by atoms with Crippen LogP contribution in [-0.2, 0) is 9.53 Å². The quantitative estimate of drug-likeness (QED) is 0.593. The van der Waals surface area contributed by atoms with Gasteiger partial charge < -0.3 is 9.47 Å². The first-order valence-electron chi connectivity index (χ1n) is 5.71. The van der Waals surface area contributed by atoms with Gasteiger partial charge in [0.05, 0.1) is 7.11 Å². The first-order chi connectivity index (χ1) is 8.17. The third-order valence-corrected chi connectivity index (χ3v) is 3.19. The number of cyclic esters (lactones) is 1. The summed E-state index contributed by atoms with van der Waals surface area (Å²) in [6, 6.07) is 7.60. The molecule has 0 aromatic heterocycles. The molecule has 1 aliphatic heterocycles. The number of rotatable bonds is 3. The van der Waals surface area contributed by atoms with Crippen LogP contribution in [-0.4, -0.2) is 13.1 Å². The normalized spacial score (nSPS) is 23.6. The standard InChI is InChI=1S/C14H16O3/c1-4-12-9(2)14(15)17-13(12)10-5-7-11(16-3)8-6-10/h5-8,12-13H,2,4H2,1,3H3/t12-,13+/m1/s1. The number of carbonyl (C=O) groups excluding carboxylic acids is 1. The lowest BCUT2D eigenvalue weighted by Gasteiger charge is -2.16. The molecule has 0 aliphatic carbocycles. The Kier molecular flexibility index (Phi) is 3.18. The topological polar surface area (TPSA) is 35.5 Å². The van der Waals surface area contributed by atoms with Crippen molar-refractivity contribution < 1.29 is 14.3 Å². The van der Waals surface area contributed by atoms with Crippen molar-refractivity contribution in [3.63, 3.8) is 0 Å². The van der Waals surface area contributed by atoms with Crippen LogP contribution in [0.15, 0.2) is 36.4 Å². The lowest BCUT2D eigenvalue weighted by molar-refractivity contribution is -0.139. The summed E-state index contributed by atoms with van der Waals surface area (Å²) >= 11 is 0. The minimum absolute atomic E-state index is 0.0795. The van der Waals surface area contributed by atoms with E-state index >= 15 is 0 Å². The summed E-state index contributed by atoms with van der Waals surface area (Å²) in [6.07, 6.45) is 0.646. The molecule has 2 atom stereocenters. The van der Waals surface area contributed by atoms with Crippen LogP contribution in [0.2, 0.25) is 0 Å². The fraction of sp³-hybridized carbons (Fsp3) is 0.357. The van der Waals surface area contributed by atoms with E-state index in [0.29, 0.717) is 5.57 Å². The van der Waals surface area contributed by atoms with Gasteiger partial charge in [0.15, 0.2) is 0 Å². The second-order valence-corrected chi connectivity index (χ2v) is 4.14. The number of esters is 1. The highest BCUT2D eigenvalue weighted by atomic mass is 16.6. The zero-order valence-electron chi connectivity index (χ0n) is 10.1. The van der Waals surface area contributed by atoms with Crippen LogP contribution >= 0.6 is 0 Å². The molecule has 0 N–H and O–H groups in total. The molecule has 1 aromatic carbocycles. The number of carbonyl (C=O) groups is 1. The van der Waals surface area contributed by atoms with Crippen LogP contribution in [0.3, 0.4) is 0 Å². The third-order valence-electron chi connectivity index (χ3n) is 3.19. The van der Waals surface area contributed by atoms with Crippen molar-refractivity contribution >= 4 is 5.97 Å². The highest BCUT2D eigenvalue weighted by Gasteiger charge is 2.38. The minimum Gasteiger partial charge on any atom is -0.497 e. The summed E-state index contributed by atoms with van der Waals surface area (Å²) in [4.78, 5) is 11.5. The highest BCUT2D eigenvalue weighted by Crippen LogP contribution is 2.40. The summed E-state index contributed by atoms with van der Waals surface area (Å²) < 4.78 is 10.5. The van der Waals surface area contributed by atoms with Crippen molar-refractivity contribution in [3.8, 4) is 5.75 Å². The van der Waals surface area contributed by atoms with E-state index in [1.165, 1.54) is 0 Å². The van der Waals surface area contributed by atoms with Gasteiger partial charge in [0.25, 0.3) is 0 Å². The van der Waals surface area contributed by atoms with E-state index in [1.807, 2.05) is 31.2 Å². The molecule has 1 fully saturated rings. The molecule has 0 bridgehead atoms. The van der Waals surface area contributed by atoms with Gasteiger partial charge in [-0.25, -0.2) is 4.79 Å². The summed E-state index contributed by atoms with van der Waals surface area (Å²) in [5.41, 5.74) is 1.57. The van der Waals surface area contributed by atoms with Crippen molar-refractivity contribution in [2.24, 2.45) is 5.92 Å². The molecule has 0 unspecified atom stereocenters. The van der Waals surface area contributed by atoms with Gasteiger partial charge in [-0.1, -0.05) is 25.6 Å². The van der Waals surface area contributed by atoms with Crippen LogP contribution in [0.4, 0.5) is 0 Å². The van der Waals surface area contributed by atoms with E-state index in [4.69, 9.17) is 9.47 Å². The average Bonchev–Trinajstić information content (AvgIpc) is 2.65. The number of hydrogen-bond donors (Lipinski definition) is 0. The first-order valence-corrected chi connectivity index (χ1v) is 5.71. The van der Waals surface area contributed by atoms with Gasteiger partial charge in [-0.2, -0.15) is 0 Å². The first kappa shape index (κ1) is 11.7. The molecule has 1 heterocycles. The molecular weight excluding hydrogens is 216 g/mol. The third kappa shape index (κ3) is 2.05. The molecule has 1 aliphatic rings. The molecule has 17 heavy (non-hydrogen) atoms. The summed E-state index contributed by atoms with van der Waals surface area (Å²) in [5, 5.41) is 0. The van der Waals surface area contributed by atoms with E-state index in [2.05, 4.69) is 6.58 Å². The molecule has 90 valence electrons. The Morgan fingerprint density at radius 1 is 1.35 bits per heavy atom. The average molecular weight is 232 g/mol. The number of benzene rings is 1. The Morgan fingerprint density at radius 3 is 2.53 bits per heavy atom. The predicted molar refractivity (Wildman–Crippen MR) is 64.7 cm³/mol. The van der Waals surface area contributed by atoms with Crippen LogP contribution in [0.1, 0.15) is 25.0 Å². The van der Waals surface area contributed by atoms with E-state index in [-0.39, 0.29) is 18.0 Å². The molecule has 0 spiro atoms. The van der Waals surface area contributed by atoms with Gasteiger partial charge in [0.2, 0.25) is 0 Å². The van der Waals surface area contributed by atoms with Crippen molar-refractivity contribution in [2.75, 3.05) is 7.11 Å². The SMILES string of the molecule is C=C1C(=O)O[C@@H](c2ccc(OC)cc2)[C@@H]1CC. The van der Waals surface area contributed by atoms with Crippen molar-refractivity contribution in [2.45, 2.75) is 19.4 Å². The summed E-state index contributed by atoms with van der Waals surface area (Å²) in [6.45, 7) is 5.83. The zero-order chi connectivity index (χ0) is 12.4. The van der Waals surface area contributed by atoms with E-state index in [9.17, 15) is 4.79 Å². The Morgan fingerprint density at radius 2 is 2.00 bits per heavy atom. The maximum absolute atomic E-state index is 11.5. The summed E-state index contributed by atoms with van der Waals surface area (Å²) in [5.74, 6) is 0.596. The Labute approximate surface area is 101 Å². The maximum Gasteiger partial charge on any atom is 0.334 e. The zero-order valence-corrected chi connectivity index (χ0v) is 10.1. The van der Waals surface area contributed by atoms with Crippen molar-refractivity contribution in [1.82, 2.24) is 0 Å². The number of methoxy groups -OCH3 is 1. The van der Waals surface area contributed by atoms with Gasteiger partial charge in [0.1, 0.15) is 11.9 Å². The van der Waals surface area contributed by atoms with E-state index < -0.39 is 0 Å². The lowest BCUT2D eigenvalue weighted by atomic mass is 9.90. The van der Waals surface area contributed by atoms with Gasteiger partial charge in [-0.3, -0.25) is 0 Å². The van der Waals surface area contributed by atoms with Gasteiger partial charge in [-0.15, -0.1) is 0 Å². The molecule has 3 nitrogen and oxygen atoms in total. The molecule has 0 saturated carbocycles. The Balaban J connectivity index is 2.26. The smallest absolute Gasteiger partial charge is 0.334 e. The summed E-state index contributed by atoms with van der Waals surface area (Å²) in [7, 11) is 1.63. The fourth-order valence-corrected chi connectivity index (χ4v) is 2.16.